The first kappa shape index (κ1) is 24.9. The van der Waals surface area contributed by atoms with Crippen LogP contribution in [0.1, 0.15) is 51.3 Å². The molecule has 6 nitrogen and oxygen atoms in total. The third-order valence-electron chi connectivity index (χ3n) is 4.88. The van der Waals surface area contributed by atoms with Gasteiger partial charge in [0.15, 0.2) is 5.96 Å². The molecule has 2 aromatic carbocycles. The maximum atomic E-state index is 12.4. The zero-order chi connectivity index (χ0) is 22.9. The molecule has 0 aliphatic rings. The summed E-state index contributed by atoms with van der Waals surface area (Å²) < 4.78 is 27.4. The predicted molar refractivity (Wildman–Crippen MR) is 130 cm³/mol. The van der Waals surface area contributed by atoms with Gasteiger partial charge in [-0.3, -0.25) is 0 Å². The van der Waals surface area contributed by atoms with Gasteiger partial charge in [0, 0.05) is 24.5 Å². The second-order valence-corrected chi connectivity index (χ2v) is 10.4. The van der Waals surface area contributed by atoms with E-state index in [2.05, 4.69) is 53.5 Å². The van der Waals surface area contributed by atoms with Crippen LogP contribution < -0.4 is 15.4 Å². The van der Waals surface area contributed by atoms with Crippen LogP contribution >= 0.6 is 0 Å². The summed E-state index contributed by atoms with van der Waals surface area (Å²) in [6.45, 7) is 11.9. The molecule has 0 unspecified atom stereocenters. The average Bonchev–Trinajstić information content (AvgIpc) is 2.70. The summed E-state index contributed by atoms with van der Waals surface area (Å²) >= 11 is 0. The van der Waals surface area contributed by atoms with E-state index in [9.17, 15) is 8.42 Å². The number of nitrogens with zero attached hydrogens (tertiary/aromatic N) is 1. The Kier molecular flexibility index (Phi) is 9.07. The van der Waals surface area contributed by atoms with Gasteiger partial charge in [0.1, 0.15) is 0 Å². The van der Waals surface area contributed by atoms with Crippen LogP contribution in [0.5, 0.6) is 0 Å². The lowest BCUT2D eigenvalue weighted by atomic mass is 9.85. The summed E-state index contributed by atoms with van der Waals surface area (Å²) in [5, 5.41) is 6.71. The Labute approximate surface area is 187 Å². The van der Waals surface area contributed by atoms with Crippen molar-refractivity contribution in [1.29, 1.82) is 0 Å². The van der Waals surface area contributed by atoms with E-state index in [1.165, 1.54) is 5.56 Å². The standard InChI is InChI=1S/C24H36N4O2S/c1-6-25-23(27-18-24(4,5)22-14-8-7-9-15-22)26-16-20-12-10-11-13-21(20)17-31(29,30)28-19(2)3/h7-15,19,28H,6,16-18H2,1-5H3,(H2,25,26,27). The predicted octanol–water partition coefficient (Wildman–Crippen LogP) is 3.55. The van der Waals surface area contributed by atoms with Crippen molar-refractivity contribution in [1.82, 2.24) is 15.4 Å². The molecule has 0 saturated carbocycles. The second-order valence-electron chi connectivity index (χ2n) is 8.60. The van der Waals surface area contributed by atoms with Gasteiger partial charge >= 0.3 is 0 Å². The topological polar surface area (TPSA) is 82.6 Å². The lowest BCUT2D eigenvalue weighted by molar-refractivity contribution is 0.508. The van der Waals surface area contributed by atoms with Crippen molar-refractivity contribution in [3.05, 3.63) is 71.3 Å². The largest absolute Gasteiger partial charge is 0.357 e. The molecule has 0 amide bonds. The molecule has 2 aromatic rings. The van der Waals surface area contributed by atoms with Gasteiger partial charge in [-0.1, -0.05) is 68.4 Å². The van der Waals surface area contributed by atoms with E-state index in [-0.39, 0.29) is 17.2 Å². The fraction of sp³-hybridized carbons (Fsp3) is 0.458. The molecule has 0 heterocycles. The molecular formula is C24H36N4O2S. The van der Waals surface area contributed by atoms with Gasteiger partial charge in [0.25, 0.3) is 0 Å². The molecule has 0 radical (unpaired) electrons. The van der Waals surface area contributed by atoms with Crippen LogP contribution in [-0.2, 0) is 27.7 Å². The number of hydrogen-bond acceptors (Lipinski definition) is 3. The summed E-state index contributed by atoms with van der Waals surface area (Å²) in [6.07, 6.45) is 0. The first-order valence-electron chi connectivity index (χ1n) is 10.8. The minimum absolute atomic E-state index is 0.0537. The third-order valence-corrected chi connectivity index (χ3v) is 6.41. The number of aliphatic imine (C=N–C) groups is 1. The minimum atomic E-state index is -3.40. The van der Waals surface area contributed by atoms with Crippen LogP contribution in [0.25, 0.3) is 0 Å². The molecular weight excluding hydrogens is 408 g/mol. The van der Waals surface area contributed by atoms with Crippen molar-refractivity contribution in [2.45, 2.75) is 58.4 Å². The number of sulfonamides is 1. The van der Waals surface area contributed by atoms with Crippen LogP contribution in [-0.4, -0.2) is 33.5 Å². The van der Waals surface area contributed by atoms with E-state index in [4.69, 9.17) is 4.99 Å². The smallest absolute Gasteiger partial charge is 0.216 e. The van der Waals surface area contributed by atoms with Gasteiger partial charge in [0.2, 0.25) is 10.0 Å². The van der Waals surface area contributed by atoms with Gasteiger partial charge < -0.3 is 10.6 Å². The maximum Gasteiger partial charge on any atom is 0.216 e. The Morgan fingerprint density at radius 2 is 1.58 bits per heavy atom. The van der Waals surface area contributed by atoms with Crippen molar-refractivity contribution in [2.75, 3.05) is 13.1 Å². The SMILES string of the molecule is CCNC(=NCc1ccccc1CS(=O)(=O)NC(C)C)NCC(C)(C)c1ccccc1. The Hall–Kier alpha value is -2.38. The quantitative estimate of drug-likeness (QED) is 0.387. The molecule has 0 fully saturated rings. The molecule has 7 heteroatoms. The monoisotopic (exact) mass is 444 g/mol. The molecule has 0 bridgehead atoms. The Bertz CT molecular complexity index is 955. The number of guanidine groups is 1. The summed E-state index contributed by atoms with van der Waals surface area (Å²) in [7, 11) is -3.40. The molecule has 170 valence electrons. The Morgan fingerprint density at radius 3 is 2.19 bits per heavy atom. The van der Waals surface area contributed by atoms with Crippen LogP contribution in [0.3, 0.4) is 0 Å². The molecule has 0 aliphatic carbocycles. The van der Waals surface area contributed by atoms with Gasteiger partial charge in [-0.25, -0.2) is 18.1 Å². The van der Waals surface area contributed by atoms with E-state index in [0.29, 0.717) is 12.5 Å². The normalized spacial score (nSPS) is 12.8. The third kappa shape index (κ3) is 8.34. The first-order chi connectivity index (χ1) is 14.6. The van der Waals surface area contributed by atoms with Crippen molar-refractivity contribution in [3.8, 4) is 0 Å². The Morgan fingerprint density at radius 1 is 0.968 bits per heavy atom. The number of hydrogen-bond donors (Lipinski definition) is 3. The van der Waals surface area contributed by atoms with E-state index in [0.717, 1.165) is 24.2 Å². The fourth-order valence-electron chi connectivity index (χ4n) is 3.26. The number of benzene rings is 2. The number of rotatable bonds is 10. The van der Waals surface area contributed by atoms with E-state index < -0.39 is 10.0 Å². The van der Waals surface area contributed by atoms with E-state index in [1.54, 1.807) is 0 Å². The summed E-state index contributed by atoms with van der Waals surface area (Å²) in [5.74, 6) is 0.659. The highest BCUT2D eigenvalue weighted by atomic mass is 32.2. The molecule has 31 heavy (non-hydrogen) atoms. The minimum Gasteiger partial charge on any atom is -0.357 e. The average molecular weight is 445 g/mol. The molecule has 2 rings (SSSR count). The molecule has 0 atom stereocenters. The number of nitrogens with one attached hydrogen (secondary N) is 3. The molecule has 0 aliphatic heterocycles. The molecule has 0 spiro atoms. The van der Waals surface area contributed by atoms with Crippen molar-refractivity contribution in [3.63, 3.8) is 0 Å². The maximum absolute atomic E-state index is 12.4. The summed E-state index contributed by atoms with van der Waals surface area (Å²) in [4.78, 5) is 4.71. The first-order valence-corrected chi connectivity index (χ1v) is 12.4. The van der Waals surface area contributed by atoms with E-state index in [1.807, 2.05) is 51.1 Å². The molecule has 3 N–H and O–H groups in total. The van der Waals surface area contributed by atoms with E-state index >= 15 is 0 Å². The lowest BCUT2D eigenvalue weighted by Gasteiger charge is -2.26. The zero-order valence-electron chi connectivity index (χ0n) is 19.3. The highest BCUT2D eigenvalue weighted by molar-refractivity contribution is 7.88. The zero-order valence-corrected chi connectivity index (χ0v) is 20.1. The van der Waals surface area contributed by atoms with Crippen molar-refractivity contribution in [2.24, 2.45) is 4.99 Å². The highest BCUT2D eigenvalue weighted by Crippen LogP contribution is 2.21. The second kappa shape index (κ2) is 11.3. The van der Waals surface area contributed by atoms with Crippen LogP contribution in [0.2, 0.25) is 0 Å². The fourth-order valence-corrected chi connectivity index (χ4v) is 4.75. The van der Waals surface area contributed by atoms with Crippen LogP contribution in [0.4, 0.5) is 0 Å². The Balaban J connectivity index is 2.12. The van der Waals surface area contributed by atoms with Gasteiger partial charge in [0.05, 0.1) is 12.3 Å². The molecule has 0 aromatic heterocycles. The molecule has 0 saturated heterocycles. The highest BCUT2D eigenvalue weighted by Gasteiger charge is 2.20. The summed E-state index contributed by atoms with van der Waals surface area (Å²) in [5.41, 5.74) is 2.86. The van der Waals surface area contributed by atoms with Gasteiger partial charge in [-0.15, -0.1) is 0 Å². The van der Waals surface area contributed by atoms with Crippen molar-refractivity contribution >= 4 is 16.0 Å². The summed E-state index contributed by atoms with van der Waals surface area (Å²) in [6, 6.07) is 17.8. The van der Waals surface area contributed by atoms with Gasteiger partial charge in [-0.05, 0) is 37.5 Å². The van der Waals surface area contributed by atoms with Crippen LogP contribution in [0.15, 0.2) is 59.6 Å². The van der Waals surface area contributed by atoms with Gasteiger partial charge in [-0.2, -0.15) is 0 Å². The van der Waals surface area contributed by atoms with Crippen LogP contribution in [0, 0.1) is 0 Å². The lowest BCUT2D eigenvalue weighted by Crippen LogP contribution is -2.43. The van der Waals surface area contributed by atoms with Crippen molar-refractivity contribution < 1.29 is 8.42 Å².